The fraction of sp³-hybridized carbons (Fsp3) is 0.500. The maximum atomic E-state index is 13.5. The number of morpholine rings is 1. The number of aryl methyl sites for hydroxylation is 1. The third-order valence-corrected chi connectivity index (χ3v) is 2.79. The van der Waals surface area contributed by atoms with E-state index in [1.165, 1.54) is 6.07 Å². The van der Waals surface area contributed by atoms with E-state index in [1.54, 1.807) is 20.1 Å². The molecule has 1 aliphatic rings. The summed E-state index contributed by atoms with van der Waals surface area (Å²) in [6.07, 6.45) is -0.126. The molecule has 1 N–H and O–H groups in total. The fourth-order valence-electron chi connectivity index (χ4n) is 1.86. The molecule has 2 rings (SSSR count). The molecule has 0 aliphatic carbocycles. The predicted octanol–water partition coefficient (Wildman–Crippen LogP) is 1.80. The molecule has 88 valence electrons. The Morgan fingerprint density at radius 3 is 2.94 bits per heavy atom. The first-order chi connectivity index (χ1) is 7.72. The molecule has 1 atom stereocenters. The van der Waals surface area contributed by atoms with Gasteiger partial charge in [-0.05, 0) is 24.6 Å². The standard InChI is InChI=1S/C12H16FNO2/c1-8-5-11(15-2)9(6-10(8)13)12-7-14-3-4-16-12/h5-6,12,14H,3-4,7H2,1-2H3. The molecular weight excluding hydrogens is 209 g/mol. The number of benzene rings is 1. The van der Waals surface area contributed by atoms with Crippen LogP contribution in [0.3, 0.4) is 0 Å². The van der Waals surface area contributed by atoms with Crippen LogP contribution in [-0.4, -0.2) is 26.8 Å². The van der Waals surface area contributed by atoms with Crippen molar-refractivity contribution >= 4 is 0 Å². The van der Waals surface area contributed by atoms with Crippen molar-refractivity contribution in [2.45, 2.75) is 13.0 Å². The normalized spacial score (nSPS) is 20.8. The van der Waals surface area contributed by atoms with E-state index in [9.17, 15) is 4.39 Å². The lowest BCUT2D eigenvalue weighted by molar-refractivity contribution is 0.0260. The summed E-state index contributed by atoms with van der Waals surface area (Å²) in [7, 11) is 1.59. The monoisotopic (exact) mass is 225 g/mol. The molecule has 3 nitrogen and oxygen atoms in total. The second-order valence-corrected chi connectivity index (χ2v) is 3.91. The molecule has 1 saturated heterocycles. The number of halogens is 1. The Kier molecular flexibility index (Phi) is 3.41. The first-order valence-electron chi connectivity index (χ1n) is 5.38. The van der Waals surface area contributed by atoms with Gasteiger partial charge in [-0.15, -0.1) is 0 Å². The topological polar surface area (TPSA) is 30.5 Å². The van der Waals surface area contributed by atoms with E-state index in [4.69, 9.17) is 9.47 Å². The molecule has 0 aromatic heterocycles. The van der Waals surface area contributed by atoms with Gasteiger partial charge in [0.15, 0.2) is 0 Å². The van der Waals surface area contributed by atoms with E-state index in [1.807, 2.05) is 0 Å². The molecule has 1 aliphatic heterocycles. The van der Waals surface area contributed by atoms with Crippen molar-refractivity contribution in [3.63, 3.8) is 0 Å². The van der Waals surface area contributed by atoms with E-state index in [0.29, 0.717) is 24.5 Å². The van der Waals surface area contributed by atoms with Crippen molar-refractivity contribution in [2.75, 3.05) is 26.8 Å². The molecule has 0 saturated carbocycles. The number of ether oxygens (including phenoxy) is 2. The molecule has 1 unspecified atom stereocenters. The van der Waals surface area contributed by atoms with Crippen LogP contribution in [0.4, 0.5) is 4.39 Å². The minimum Gasteiger partial charge on any atom is -0.496 e. The van der Waals surface area contributed by atoms with Crippen molar-refractivity contribution in [3.8, 4) is 5.75 Å². The summed E-state index contributed by atoms with van der Waals surface area (Å²) in [6.45, 7) is 3.90. The average Bonchev–Trinajstić information content (AvgIpc) is 2.33. The first kappa shape index (κ1) is 11.4. The van der Waals surface area contributed by atoms with Crippen molar-refractivity contribution in [1.29, 1.82) is 0 Å². The van der Waals surface area contributed by atoms with Crippen LogP contribution in [0.15, 0.2) is 12.1 Å². The lowest BCUT2D eigenvalue weighted by Crippen LogP contribution is -2.33. The Balaban J connectivity index is 2.33. The van der Waals surface area contributed by atoms with E-state index in [0.717, 1.165) is 12.1 Å². The first-order valence-corrected chi connectivity index (χ1v) is 5.38. The second-order valence-electron chi connectivity index (χ2n) is 3.91. The molecule has 4 heteroatoms. The smallest absolute Gasteiger partial charge is 0.126 e. The van der Waals surface area contributed by atoms with E-state index < -0.39 is 0 Å². The van der Waals surface area contributed by atoms with Gasteiger partial charge < -0.3 is 14.8 Å². The van der Waals surface area contributed by atoms with Gasteiger partial charge in [-0.1, -0.05) is 0 Å². The number of nitrogens with one attached hydrogen (secondary N) is 1. The van der Waals surface area contributed by atoms with Crippen LogP contribution in [-0.2, 0) is 4.74 Å². The Hall–Kier alpha value is -1.13. The van der Waals surface area contributed by atoms with Gasteiger partial charge in [0.05, 0.1) is 19.8 Å². The van der Waals surface area contributed by atoms with Gasteiger partial charge in [0.25, 0.3) is 0 Å². The van der Waals surface area contributed by atoms with Gasteiger partial charge in [-0.3, -0.25) is 0 Å². The highest BCUT2D eigenvalue weighted by Crippen LogP contribution is 2.30. The highest BCUT2D eigenvalue weighted by atomic mass is 19.1. The molecule has 0 amide bonds. The van der Waals surface area contributed by atoms with Crippen LogP contribution < -0.4 is 10.1 Å². The zero-order valence-electron chi connectivity index (χ0n) is 9.55. The van der Waals surface area contributed by atoms with Gasteiger partial charge in [-0.25, -0.2) is 4.39 Å². The maximum absolute atomic E-state index is 13.5. The Labute approximate surface area is 94.6 Å². The van der Waals surface area contributed by atoms with Gasteiger partial charge in [0, 0.05) is 18.7 Å². The van der Waals surface area contributed by atoms with Crippen molar-refractivity contribution in [3.05, 3.63) is 29.1 Å². The van der Waals surface area contributed by atoms with E-state index in [-0.39, 0.29) is 11.9 Å². The molecule has 1 heterocycles. The molecule has 0 spiro atoms. The average molecular weight is 225 g/mol. The summed E-state index contributed by atoms with van der Waals surface area (Å²) in [6, 6.07) is 3.22. The fourth-order valence-corrected chi connectivity index (χ4v) is 1.86. The molecule has 0 radical (unpaired) electrons. The number of methoxy groups -OCH3 is 1. The van der Waals surface area contributed by atoms with Crippen LogP contribution >= 0.6 is 0 Å². The van der Waals surface area contributed by atoms with Crippen molar-refractivity contribution < 1.29 is 13.9 Å². The van der Waals surface area contributed by atoms with Gasteiger partial charge >= 0.3 is 0 Å². The molecule has 0 bridgehead atoms. The highest BCUT2D eigenvalue weighted by Gasteiger charge is 2.21. The molecule has 16 heavy (non-hydrogen) atoms. The lowest BCUT2D eigenvalue weighted by atomic mass is 10.0. The predicted molar refractivity (Wildman–Crippen MR) is 59.3 cm³/mol. The van der Waals surface area contributed by atoms with Crippen LogP contribution in [0.5, 0.6) is 5.75 Å². The zero-order valence-corrected chi connectivity index (χ0v) is 9.55. The SMILES string of the molecule is COc1cc(C)c(F)cc1C1CNCCO1. The van der Waals surface area contributed by atoms with E-state index in [2.05, 4.69) is 5.32 Å². The Morgan fingerprint density at radius 2 is 2.31 bits per heavy atom. The molecule has 1 aromatic rings. The molecule has 1 aromatic carbocycles. The largest absolute Gasteiger partial charge is 0.496 e. The number of hydrogen-bond donors (Lipinski definition) is 1. The lowest BCUT2D eigenvalue weighted by Gasteiger charge is -2.25. The summed E-state index contributed by atoms with van der Waals surface area (Å²) in [5.41, 5.74) is 1.36. The van der Waals surface area contributed by atoms with Crippen LogP contribution in [0.1, 0.15) is 17.2 Å². The van der Waals surface area contributed by atoms with Crippen LogP contribution in [0.25, 0.3) is 0 Å². The minimum atomic E-state index is -0.218. The third-order valence-electron chi connectivity index (χ3n) is 2.79. The van der Waals surface area contributed by atoms with Gasteiger partial charge in [0.1, 0.15) is 11.6 Å². The van der Waals surface area contributed by atoms with Crippen molar-refractivity contribution in [1.82, 2.24) is 5.32 Å². The Bertz CT molecular complexity index is 376. The van der Waals surface area contributed by atoms with Gasteiger partial charge in [-0.2, -0.15) is 0 Å². The number of rotatable bonds is 2. The van der Waals surface area contributed by atoms with E-state index >= 15 is 0 Å². The van der Waals surface area contributed by atoms with Crippen molar-refractivity contribution in [2.24, 2.45) is 0 Å². The highest BCUT2D eigenvalue weighted by molar-refractivity contribution is 5.40. The second kappa shape index (κ2) is 4.80. The molecule has 1 fully saturated rings. The third kappa shape index (κ3) is 2.18. The number of hydrogen-bond acceptors (Lipinski definition) is 3. The summed E-state index contributed by atoms with van der Waals surface area (Å²) >= 11 is 0. The van der Waals surface area contributed by atoms with Gasteiger partial charge in [0.2, 0.25) is 0 Å². The minimum absolute atomic E-state index is 0.126. The summed E-state index contributed by atoms with van der Waals surface area (Å²) in [5, 5.41) is 3.22. The summed E-state index contributed by atoms with van der Waals surface area (Å²) in [4.78, 5) is 0. The van der Waals surface area contributed by atoms with Crippen LogP contribution in [0.2, 0.25) is 0 Å². The molecular formula is C12H16FNO2. The van der Waals surface area contributed by atoms with Crippen LogP contribution in [0, 0.1) is 12.7 Å². The summed E-state index contributed by atoms with van der Waals surface area (Å²) in [5.74, 6) is 0.470. The summed E-state index contributed by atoms with van der Waals surface area (Å²) < 4.78 is 24.4. The Morgan fingerprint density at radius 1 is 1.50 bits per heavy atom. The quantitative estimate of drug-likeness (QED) is 0.832. The zero-order chi connectivity index (χ0) is 11.5. The maximum Gasteiger partial charge on any atom is 0.126 e.